The molecule has 3 N–H and O–H groups in total. The number of nitrogens with zero attached hydrogens (tertiary/aromatic N) is 1. The van der Waals surface area contributed by atoms with E-state index in [2.05, 4.69) is 10.6 Å². The van der Waals surface area contributed by atoms with E-state index >= 15 is 0 Å². The van der Waals surface area contributed by atoms with Crippen molar-refractivity contribution in [1.29, 1.82) is 0 Å². The molecule has 19 heavy (non-hydrogen) atoms. The smallest absolute Gasteiger partial charge is 0.336 e. The molecule has 6 heteroatoms. The predicted molar refractivity (Wildman–Crippen MR) is 73.7 cm³/mol. The van der Waals surface area contributed by atoms with Crippen LogP contribution >= 0.6 is 0 Å². The summed E-state index contributed by atoms with van der Waals surface area (Å²) in [7, 11) is 3.49. The number of carbonyl (C=O) groups is 2. The fourth-order valence-corrected chi connectivity index (χ4v) is 1.53. The number of hydrogen-bond acceptors (Lipinski definition) is 3. The molecule has 0 aliphatic carbocycles. The van der Waals surface area contributed by atoms with E-state index in [-0.39, 0.29) is 11.6 Å². The number of carbonyl (C=O) groups excluding carboxylic acids is 1. The van der Waals surface area contributed by atoms with E-state index < -0.39 is 5.97 Å². The summed E-state index contributed by atoms with van der Waals surface area (Å²) in [4.78, 5) is 24.4. The van der Waals surface area contributed by atoms with Gasteiger partial charge in [0.1, 0.15) is 0 Å². The predicted octanol–water partition coefficient (Wildman–Crippen LogP) is 1.38. The summed E-state index contributed by atoms with van der Waals surface area (Å²) in [5, 5.41) is 14.6. The molecule has 0 aliphatic rings. The Labute approximate surface area is 112 Å². The van der Waals surface area contributed by atoms with Gasteiger partial charge in [-0.25, -0.2) is 9.59 Å². The topological polar surface area (TPSA) is 81.7 Å². The highest BCUT2D eigenvalue weighted by molar-refractivity contribution is 5.94. The van der Waals surface area contributed by atoms with Gasteiger partial charge in [-0.15, -0.1) is 0 Å². The SMILES string of the molecule is CNCCN(C)C(=O)Nc1ccc(C)c(C(=O)O)c1. The van der Waals surface area contributed by atoms with Gasteiger partial charge in [-0.3, -0.25) is 0 Å². The van der Waals surface area contributed by atoms with Gasteiger partial charge in [0.25, 0.3) is 0 Å². The fraction of sp³-hybridized carbons (Fsp3) is 0.385. The Hall–Kier alpha value is -2.08. The van der Waals surface area contributed by atoms with Crippen LogP contribution in [-0.4, -0.2) is 49.2 Å². The minimum absolute atomic E-state index is 0.190. The largest absolute Gasteiger partial charge is 0.478 e. The Morgan fingerprint density at radius 1 is 1.37 bits per heavy atom. The molecule has 1 aromatic carbocycles. The third kappa shape index (κ3) is 4.26. The van der Waals surface area contributed by atoms with Crippen LogP contribution in [0.2, 0.25) is 0 Å². The van der Waals surface area contributed by atoms with Crippen molar-refractivity contribution in [3.8, 4) is 0 Å². The highest BCUT2D eigenvalue weighted by atomic mass is 16.4. The normalized spacial score (nSPS) is 10.1. The van der Waals surface area contributed by atoms with Crippen LogP contribution < -0.4 is 10.6 Å². The summed E-state index contributed by atoms with van der Waals surface area (Å²) >= 11 is 0. The van der Waals surface area contributed by atoms with Gasteiger partial charge in [-0.05, 0) is 31.7 Å². The van der Waals surface area contributed by atoms with Crippen LogP contribution in [0.4, 0.5) is 10.5 Å². The van der Waals surface area contributed by atoms with E-state index in [1.165, 1.54) is 11.0 Å². The molecule has 6 nitrogen and oxygen atoms in total. The van der Waals surface area contributed by atoms with Gasteiger partial charge >= 0.3 is 12.0 Å². The summed E-state index contributed by atoms with van der Waals surface area (Å²) in [5.74, 6) is -1.00. The summed E-state index contributed by atoms with van der Waals surface area (Å²) in [6.45, 7) is 2.98. The molecule has 0 saturated carbocycles. The van der Waals surface area contributed by atoms with E-state index in [0.29, 0.717) is 24.3 Å². The van der Waals surface area contributed by atoms with Crippen LogP contribution in [0.5, 0.6) is 0 Å². The van der Waals surface area contributed by atoms with Gasteiger partial charge in [-0.2, -0.15) is 0 Å². The van der Waals surface area contributed by atoms with Crippen molar-refractivity contribution in [2.24, 2.45) is 0 Å². The Morgan fingerprint density at radius 2 is 2.05 bits per heavy atom. The highest BCUT2D eigenvalue weighted by Gasteiger charge is 2.11. The van der Waals surface area contributed by atoms with Gasteiger partial charge < -0.3 is 20.6 Å². The van der Waals surface area contributed by atoms with Crippen molar-refractivity contribution in [1.82, 2.24) is 10.2 Å². The van der Waals surface area contributed by atoms with Crippen molar-refractivity contribution in [2.45, 2.75) is 6.92 Å². The second-order valence-corrected chi connectivity index (χ2v) is 4.29. The van der Waals surface area contributed by atoms with Gasteiger partial charge in [0, 0.05) is 25.8 Å². The molecule has 104 valence electrons. The molecule has 0 bridgehead atoms. The zero-order valence-electron chi connectivity index (χ0n) is 11.4. The molecule has 2 amide bonds. The van der Waals surface area contributed by atoms with E-state index in [9.17, 15) is 9.59 Å². The lowest BCUT2D eigenvalue weighted by Gasteiger charge is -2.18. The maximum Gasteiger partial charge on any atom is 0.336 e. The third-order valence-corrected chi connectivity index (χ3v) is 2.76. The lowest BCUT2D eigenvalue weighted by Crippen LogP contribution is -2.35. The van der Waals surface area contributed by atoms with E-state index in [1.54, 1.807) is 26.1 Å². The first-order valence-corrected chi connectivity index (χ1v) is 5.96. The molecule has 0 unspecified atom stereocenters. The van der Waals surface area contributed by atoms with Crippen LogP contribution in [0.3, 0.4) is 0 Å². The molecular weight excluding hydrogens is 246 g/mol. The van der Waals surface area contributed by atoms with Crippen LogP contribution in [0.1, 0.15) is 15.9 Å². The first-order chi connectivity index (χ1) is 8.95. The summed E-state index contributed by atoms with van der Waals surface area (Å²) in [6, 6.07) is 4.55. The van der Waals surface area contributed by atoms with E-state index in [1.807, 2.05) is 7.05 Å². The van der Waals surface area contributed by atoms with Gasteiger partial charge in [-0.1, -0.05) is 6.07 Å². The second-order valence-electron chi connectivity index (χ2n) is 4.29. The molecule has 0 atom stereocenters. The van der Waals surface area contributed by atoms with Crippen molar-refractivity contribution in [3.63, 3.8) is 0 Å². The summed E-state index contributed by atoms with van der Waals surface area (Å²) in [6.07, 6.45) is 0. The fourth-order valence-electron chi connectivity index (χ4n) is 1.53. The van der Waals surface area contributed by atoms with Crippen LogP contribution in [0, 0.1) is 6.92 Å². The number of likely N-dealkylation sites (N-methyl/N-ethyl adjacent to an activating group) is 2. The molecule has 1 aromatic rings. The number of hydrogen-bond donors (Lipinski definition) is 3. The molecule has 0 saturated heterocycles. The van der Waals surface area contributed by atoms with Crippen molar-refractivity contribution in [3.05, 3.63) is 29.3 Å². The number of aromatic carboxylic acids is 1. The average molecular weight is 265 g/mol. The Morgan fingerprint density at radius 3 is 2.63 bits per heavy atom. The van der Waals surface area contributed by atoms with Crippen LogP contribution in [0.25, 0.3) is 0 Å². The number of nitrogens with one attached hydrogen (secondary N) is 2. The average Bonchev–Trinajstić information content (AvgIpc) is 2.37. The third-order valence-electron chi connectivity index (χ3n) is 2.76. The summed E-state index contributed by atoms with van der Waals surface area (Å²) < 4.78 is 0. The lowest BCUT2D eigenvalue weighted by atomic mass is 10.1. The van der Waals surface area contributed by atoms with Crippen LogP contribution in [0.15, 0.2) is 18.2 Å². The summed E-state index contributed by atoms with van der Waals surface area (Å²) in [5.41, 5.74) is 1.33. The number of rotatable bonds is 5. The Balaban J connectivity index is 2.74. The Bertz CT molecular complexity index is 474. The highest BCUT2D eigenvalue weighted by Crippen LogP contribution is 2.15. The first-order valence-electron chi connectivity index (χ1n) is 5.96. The standard InChI is InChI=1S/C13H19N3O3/c1-9-4-5-10(8-11(9)12(17)18)15-13(19)16(3)7-6-14-2/h4-5,8,14H,6-7H2,1-3H3,(H,15,19)(H,17,18). The quantitative estimate of drug-likeness (QED) is 0.751. The Kier molecular flexibility index (Phi) is 5.32. The molecule has 1 rings (SSSR count). The number of carboxylic acid groups (broad SMARTS) is 1. The number of benzene rings is 1. The molecule has 0 aromatic heterocycles. The molecular formula is C13H19N3O3. The molecule has 0 radical (unpaired) electrons. The number of amides is 2. The first kappa shape index (κ1) is 15.0. The van der Waals surface area contributed by atoms with Crippen molar-refractivity contribution < 1.29 is 14.7 Å². The number of carboxylic acids is 1. The van der Waals surface area contributed by atoms with Crippen molar-refractivity contribution >= 4 is 17.7 Å². The lowest BCUT2D eigenvalue weighted by molar-refractivity contribution is 0.0696. The number of aryl methyl sites for hydroxylation is 1. The molecule has 0 fully saturated rings. The minimum atomic E-state index is -1.00. The number of urea groups is 1. The van der Waals surface area contributed by atoms with Gasteiger partial charge in [0.2, 0.25) is 0 Å². The maximum atomic E-state index is 11.8. The van der Waals surface area contributed by atoms with Crippen molar-refractivity contribution in [2.75, 3.05) is 32.5 Å². The zero-order valence-corrected chi connectivity index (χ0v) is 11.4. The minimum Gasteiger partial charge on any atom is -0.478 e. The van der Waals surface area contributed by atoms with Crippen LogP contribution in [-0.2, 0) is 0 Å². The maximum absolute atomic E-state index is 11.8. The number of anilines is 1. The molecule has 0 heterocycles. The van der Waals surface area contributed by atoms with Gasteiger partial charge in [0.05, 0.1) is 5.56 Å². The monoisotopic (exact) mass is 265 g/mol. The molecule has 0 aliphatic heterocycles. The van der Waals surface area contributed by atoms with E-state index in [4.69, 9.17) is 5.11 Å². The van der Waals surface area contributed by atoms with E-state index in [0.717, 1.165) is 0 Å². The molecule has 0 spiro atoms. The zero-order chi connectivity index (χ0) is 14.4. The second kappa shape index (κ2) is 6.75. The van der Waals surface area contributed by atoms with Gasteiger partial charge in [0.15, 0.2) is 0 Å².